The number of nitrogens with zero attached hydrogens (tertiary/aromatic N) is 1. The molecule has 0 amide bonds. The Morgan fingerprint density at radius 1 is 1.00 bits per heavy atom. The molecule has 1 aromatic carbocycles. The molecule has 1 saturated heterocycles. The standard InChI is InChI=1S/C16H26N2O2/c1-19-14-9-13(10-15(11-14)20-2)16(12-17)18-7-5-3-4-6-8-18/h9-11,16H,3-8,12,17H2,1-2H3. The summed E-state index contributed by atoms with van der Waals surface area (Å²) in [6.07, 6.45) is 5.18. The van der Waals surface area contributed by atoms with Crippen LogP contribution in [0.3, 0.4) is 0 Å². The summed E-state index contributed by atoms with van der Waals surface area (Å²) in [5.74, 6) is 1.65. The second-order valence-corrected chi connectivity index (χ2v) is 5.35. The number of ether oxygens (including phenoxy) is 2. The van der Waals surface area contributed by atoms with Gasteiger partial charge in [0.1, 0.15) is 11.5 Å². The highest BCUT2D eigenvalue weighted by molar-refractivity contribution is 5.40. The molecule has 1 fully saturated rings. The lowest BCUT2D eigenvalue weighted by atomic mass is 10.0. The third-order valence-electron chi connectivity index (χ3n) is 4.06. The highest BCUT2D eigenvalue weighted by Gasteiger charge is 2.21. The molecule has 0 bridgehead atoms. The second kappa shape index (κ2) is 7.50. The van der Waals surface area contributed by atoms with Gasteiger partial charge in [-0.2, -0.15) is 0 Å². The van der Waals surface area contributed by atoms with Crippen LogP contribution in [0.2, 0.25) is 0 Å². The first-order chi connectivity index (χ1) is 9.78. The van der Waals surface area contributed by atoms with Crippen LogP contribution in [0.4, 0.5) is 0 Å². The quantitative estimate of drug-likeness (QED) is 0.899. The van der Waals surface area contributed by atoms with Crippen LogP contribution in [0, 0.1) is 0 Å². The van der Waals surface area contributed by atoms with Crippen LogP contribution >= 0.6 is 0 Å². The molecule has 1 heterocycles. The lowest BCUT2D eigenvalue weighted by Gasteiger charge is -2.30. The van der Waals surface area contributed by atoms with Gasteiger partial charge in [-0.1, -0.05) is 12.8 Å². The Morgan fingerprint density at radius 3 is 2.00 bits per heavy atom. The van der Waals surface area contributed by atoms with E-state index in [1.807, 2.05) is 6.07 Å². The molecule has 1 unspecified atom stereocenters. The summed E-state index contributed by atoms with van der Waals surface area (Å²) in [4.78, 5) is 2.50. The molecule has 4 heteroatoms. The van der Waals surface area contributed by atoms with E-state index in [1.165, 1.54) is 31.2 Å². The van der Waals surface area contributed by atoms with E-state index in [4.69, 9.17) is 15.2 Å². The number of methoxy groups -OCH3 is 2. The Morgan fingerprint density at radius 2 is 1.55 bits per heavy atom. The summed E-state index contributed by atoms with van der Waals surface area (Å²) in [6.45, 7) is 2.87. The summed E-state index contributed by atoms with van der Waals surface area (Å²) in [5, 5.41) is 0. The van der Waals surface area contributed by atoms with Gasteiger partial charge >= 0.3 is 0 Å². The van der Waals surface area contributed by atoms with Crippen molar-refractivity contribution in [1.82, 2.24) is 4.90 Å². The number of likely N-dealkylation sites (tertiary alicyclic amines) is 1. The molecule has 1 aliphatic rings. The molecule has 20 heavy (non-hydrogen) atoms. The van der Waals surface area contributed by atoms with E-state index in [-0.39, 0.29) is 6.04 Å². The van der Waals surface area contributed by atoms with E-state index >= 15 is 0 Å². The lowest BCUT2D eigenvalue weighted by molar-refractivity contribution is 0.209. The molecule has 0 radical (unpaired) electrons. The summed E-state index contributed by atoms with van der Waals surface area (Å²) in [5.41, 5.74) is 7.23. The van der Waals surface area contributed by atoms with Crippen LogP contribution in [0.25, 0.3) is 0 Å². The number of rotatable bonds is 5. The van der Waals surface area contributed by atoms with Crippen LogP contribution in [0.5, 0.6) is 11.5 Å². The van der Waals surface area contributed by atoms with Gasteiger partial charge in [0.2, 0.25) is 0 Å². The van der Waals surface area contributed by atoms with Crippen LogP contribution in [0.15, 0.2) is 18.2 Å². The number of benzene rings is 1. The van der Waals surface area contributed by atoms with Crippen molar-refractivity contribution in [1.29, 1.82) is 0 Å². The fourth-order valence-electron chi connectivity index (χ4n) is 2.92. The van der Waals surface area contributed by atoms with Crippen molar-refractivity contribution in [2.45, 2.75) is 31.7 Å². The van der Waals surface area contributed by atoms with Crippen molar-refractivity contribution in [2.24, 2.45) is 5.73 Å². The third-order valence-corrected chi connectivity index (χ3v) is 4.06. The number of hydrogen-bond donors (Lipinski definition) is 1. The molecule has 1 aliphatic heterocycles. The van der Waals surface area contributed by atoms with Gasteiger partial charge in [0.15, 0.2) is 0 Å². The molecule has 0 spiro atoms. The predicted octanol–water partition coefficient (Wildman–Crippen LogP) is 2.58. The Kier molecular flexibility index (Phi) is 5.68. The van der Waals surface area contributed by atoms with Crippen LogP contribution < -0.4 is 15.2 Å². The van der Waals surface area contributed by atoms with Crippen LogP contribution in [0.1, 0.15) is 37.3 Å². The summed E-state index contributed by atoms with van der Waals surface area (Å²) in [7, 11) is 3.36. The zero-order valence-corrected chi connectivity index (χ0v) is 12.6. The van der Waals surface area contributed by atoms with Gasteiger partial charge in [-0.05, 0) is 43.6 Å². The minimum atomic E-state index is 0.247. The Bertz CT molecular complexity index is 393. The van der Waals surface area contributed by atoms with E-state index in [0.29, 0.717) is 6.54 Å². The normalized spacial score (nSPS) is 18.4. The molecule has 0 aromatic heterocycles. The Hall–Kier alpha value is -1.26. The largest absolute Gasteiger partial charge is 0.497 e. The van der Waals surface area contributed by atoms with Gasteiger partial charge in [0.25, 0.3) is 0 Å². The average molecular weight is 278 g/mol. The third kappa shape index (κ3) is 3.64. The van der Waals surface area contributed by atoms with E-state index in [9.17, 15) is 0 Å². The molecule has 0 aliphatic carbocycles. The maximum atomic E-state index is 6.05. The first kappa shape index (κ1) is 15.1. The molecule has 1 aromatic rings. The predicted molar refractivity (Wildman–Crippen MR) is 81.4 cm³/mol. The second-order valence-electron chi connectivity index (χ2n) is 5.35. The van der Waals surface area contributed by atoms with Crippen molar-refractivity contribution in [2.75, 3.05) is 33.9 Å². The Labute approximate surface area is 121 Å². The topological polar surface area (TPSA) is 47.7 Å². The van der Waals surface area contributed by atoms with Gasteiger partial charge in [0.05, 0.1) is 14.2 Å². The fourth-order valence-corrected chi connectivity index (χ4v) is 2.92. The highest BCUT2D eigenvalue weighted by Crippen LogP contribution is 2.30. The molecule has 2 rings (SSSR count). The molecule has 1 atom stereocenters. The monoisotopic (exact) mass is 278 g/mol. The van der Waals surface area contributed by atoms with E-state index in [1.54, 1.807) is 14.2 Å². The number of hydrogen-bond acceptors (Lipinski definition) is 4. The van der Waals surface area contributed by atoms with Crippen molar-refractivity contribution in [3.63, 3.8) is 0 Å². The maximum absolute atomic E-state index is 6.05. The maximum Gasteiger partial charge on any atom is 0.122 e. The van der Waals surface area contributed by atoms with E-state index in [2.05, 4.69) is 17.0 Å². The zero-order valence-electron chi connectivity index (χ0n) is 12.6. The first-order valence-electron chi connectivity index (χ1n) is 7.45. The van der Waals surface area contributed by atoms with Gasteiger partial charge in [-0.3, -0.25) is 4.90 Å². The highest BCUT2D eigenvalue weighted by atomic mass is 16.5. The molecule has 2 N–H and O–H groups in total. The SMILES string of the molecule is COc1cc(OC)cc(C(CN)N2CCCCCC2)c1. The van der Waals surface area contributed by atoms with E-state index in [0.717, 1.165) is 24.6 Å². The van der Waals surface area contributed by atoms with Crippen molar-refractivity contribution in [3.8, 4) is 11.5 Å². The summed E-state index contributed by atoms with van der Waals surface area (Å²) >= 11 is 0. The molecule has 4 nitrogen and oxygen atoms in total. The van der Waals surface area contributed by atoms with Gasteiger partial charge < -0.3 is 15.2 Å². The molecule has 0 saturated carbocycles. The van der Waals surface area contributed by atoms with Crippen molar-refractivity contribution < 1.29 is 9.47 Å². The van der Waals surface area contributed by atoms with Crippen LogP contribution in [-0.2, 0) is 0 Å². The fraction of sp³-hybridized carbons (Fsp3) is 0.625. The van der Waals surface area contributed by atoms with Crippen molar-refractivity contribution >= 4 is 0 Å². The van der Waals surface area contributed by atoms with Gasteiger partial charge in [-0.25, -0.2) is 0 Å². The Balaban J connectivity index is 2.25. The zero-order chi connectivity index (χ0) is 14.4. The first-order valence-corrected chi connectivity index (χ1v) is 7.45. The average Bonchev–Trinajstić information content (AvgIpc) is 2.77. The molecule has 112 valence electrons. The molecular weight excluding hydrogens is 252 g/mol. The molecular formula is C16H26N2O2. The van der Waals surface area contributed by atoms with Gasteiger partial charge in [0, 0.05) is 18.7 Å². The van der Waals surface area contributed by atoms with Gasteiger partial charge in [-0.15, -0.1) is 0 Å². The summed E-state index contributed by atoms with van der Waals surface area (Å²) < 4.78 is 10.7. The smallest absolute Gasteiger partial charge is 0.122 e. The van der Waals surface area contributed by atoms with Crippen LogP contribution in [-0.4, -0.2) is 38.8 Å². The van der Waals surface area contributed by atoms with Crippen molar-refractivity contribution in [3.05, 3.63) is 23.8 Å². The summed E-state index contributed by atoms with van der Waals surface area (Å²) in [6, 6.07) is 6.30. The lowest BCUT2D eigenvalue weighted by Crippen LogP contribution is -2.34. The minimum absolute atomic E-state index is 0.247. The van der Waals surface area contributed by atoms with E-state index < -0.39 is 0 Å². The minimum Gasteiger partial charge on any atom is -0.497 e. The number of nitrogens with two attached hydrogens (primary N) is 1.